The Morgan fingerprint density at radius 1 is 0.275 bits per heavy atom. The van der Waals surface area contributed by atoms with Crippen molar-refractivity contribution in [1.29, 1.82) is 0 Å². The van der Waals surface area contributed by atoms with Gasteiger partial charge in [0.1, 0.15) is 22.3 Å². The largest absolute Gasteiger partial charge is 0.455 e. The van der Waals surface area contributed by atoms with E-state index in [1.54, 1.807) is 0 Å². The number of fused-ring (bicyclic) bond motifs is 17. The SMILES string of the molecule is [C-]#[N+]c1cc(-c2nc(-c3ccccc3)nc(-c3ccccc3)n2)c(-n2c3ccc(-c4ccccc4)cc3c3c4oc5ccccc5c4ccc32)c(-n2c3ccccc3c3ccccc32)c1-n1c2ccc(-c3ccccc3)cc2c2c3oc4ccccc4c3ccc21. The third-order valence-electron chi connectivity index (χ3n) is 18.3. The van der Waals surface area contributed by atoms with Crippen LogP contribution in [-0.2, 0) is 0 Å². The Kier molecular flexibility index (Phi) is 10.9. The fourth-order valence-corrected chi connectivity index (χ4v) is 14.3. The summed E-state index contributed by atoms with van der Waals surface area (Å²) in [6.07, 6.45) is 0. The monoisotopic (exact) mass is 1160 g/mol. The topological polar surface area (TPSA) is 84.1 Å². The molecule has 0 radical (unpaired) electrons. The van der Waals surface area contributed by atoms with Crippen molar-refractivity contribution in [3.8, 4) is 73.5 Å². The molecule has 9 heteroatoms. The molecule has 6 heterocycles. The highest BCUT2D eigenvalue weighted by atomic mass is 16.3. The molecule has 9 nitrogen and oxygen atoms in total. The minimum Gasteiger partial charge on any atom is -0.455 e. The molecule has 0 bridgehead atoms. The second kappa shape index (κ2) is 19.7. The molecule has 422 valence electrons. The highest BCUT2D eigenvalue weighted by molar-refractivity contribution is 6.27. The number of benzene rings is 13. The van der Waals surface area contributed by atoms with E-state index in [-0.39, 0.29) is 0 Å². The van der Waals surface area contributed by atoms with Crippen LogP contribution in [0.4, 0.5) is 5.69 Å². The first-order chi connectivity index (χ1) is 45.1. The molecule has 0 aliphatic heterocycles. The molecule has 0 fully saturated rings. The molecular weight excluding hydrogens is 1110 g/mol. The molecule has 0 aliphatic carbocycles. The number of furan rings is 2. The lowest BCUT2D eigenvalue weighted by atomic mass is 10.0. The van der Waals surface area contributed by atoms with E-state index in [4.69, 9.17) is 28.6 Å². The van der Waals surface area contributed by atoms with E-state index in [0.29, 0.717) is 34.4 Å². The number of hydrogen-bond donors (Lipinski definition) is 0. The second-order valence-corrected chi connectivity index (χ2v) is 23.2. The average molecular weight is 1160 g/mol. The molecule has 19 rings (SSSR count). The molecular formula is C82H47N7O2. The first kappa shape index (κ1) is 50.5. The molecule has 0 saturated heterocycles. The van der Waals surface area contributed by atoms with Crippen molar-refractivity contribution in [1.82, 2.24) is 28.7 Å². The zero-order valence-electron chi connectivity index (χ0n) is 48.6. The number of aromatic nitrogens is 6. The maximum atomic E-state index is 9.78. The van der Waals surface area contributed by atoms with E-state index in [1.807, 2.05) is 91.0 Å². The molecule has 0 amide bonds. The Balaban J connectivity index is 1.07. The van der Waals surface area contributed by atoms with Crippen LogP contribution in [0, 0.1) is 6.57 Å². The summed E-state index contributed by atoms with van der Waals surface area (Å²) in [6, 6.07) is 99.4. The lowest BCUT2D eigenvalue weighted by Gasteiger charge is -2.26. The van der Waals surface area contributed by atoms with Gasteiger partial charge in [-0.05, 0) is 101 Å². The lowest BCUT2D eigenvalue weighted by molar-refractivity contribution is 0.672. The predicted molar refractivity (Wildman–Crippen MR) is 371 cm³/mol. The number of rotatable bonds is 8. The standard InChI is InChI=1S/C82H47N7O2/c1-83-64-48-63(82-85-80(51-26-10-4-11-27-51)84-81(86-82)52-28-12-5-13-29-52)75(88-67-42-38-53(49-22-6-2-7-23-49)46-61(67)73-69(88)44-40-59-57-32-16-20-36-71(57)90-78(59)73)77(87-65-34-18-14-30-55(65)56-31-15-19-35-66(56)87)76(64)89-68-43-39-54(50-24-8-3-9-25-50)47-62(68)74-70(89)45-41-60-58-33-17-21-37-72(58)91-79(60)74/h2-48H. The van der Waals surface area contributed by atoms with Gasteiger partial charge in [-0.25, -0.2) is 19.8 Å². The molecule has 91 heavy (non-hydrogen) atoms. The quantitative estimate of drug-likeness (QED) is 0.142. The van der Waals surface area contributed by atoms with Crippen molar-refractivity contribution in [2.24, 2.45) is 0 Å². The van der Waals surface area contributed by atoms with Gasteiger partial charge in [-0.2, -0.15) is 0 Å². The van der Waals surface area contributed by atoms with Crippen LogP contribution >= 0.6 is 0 Å². The van der Waals surface area contributed by atoms with Gasteiger partial charge in [0.05, 0.1) is 67.5 Å². The lowest BCUT2D eigenvalue weighted by Crippen LogP contribution is -2.12. The van der Waals surface area contributed by atoms with Crippen molar-refractivity contribution in [2.45, 2.75) is 0 Å². The van der Waals surface area contributed by atoms with Gasteiger partial charge in [-0.3, -0.25) is 0 Å². The number of para-hydroxylation sites is 4. The van der Waals surface area contributed by atoms with E-state index in [2.05, 4.69) is 208 Å². The molecule has 0 aliphatic rings. The number of nitrogens with zero attached hydrogens (tertiary/aromatic N) is 7. The number of hydrogen-bond acceptors (Lipinski definition) is 5. The van der Waals surface area contributed by atoms with Crippen LogP contribution in [0.5, 0.6) is 0 Å². The first-order valence-electron chi connectivity index (χ1n) is 30.4. The summed E-state index contributed by atoms with van der Waals surface area (Å²) < 4.78 is 21.3. The fraction of sp³-hybridized carbons (Fsp3) is 0. The highest BCUT2D eigenvalue weighted by Gasteiger charge is 2.33. The van der Waals surface area contributed by atoms with Crippen LogP contribution in [0.3, 0.4) is 0 Å². The zero-order chi connectivity index (χ0) is 59.8. The van der Waals surface area contributed by atoms with Gasteiger partial charge >= 0.3 is 0 Å². The van der Waals surface area contributed by atoms with Gasteiger partial charge in [-0.1, -0.05) is 206 Å². The van der Waals surface area contributed by atoms with Crippen LogP contribution in [-0.4, -0.2) is 28.7 Å². The molecule has 0 atom stereocenters. The van der Waals surface area contributed by atoms with Gasteiger partial charge < -0.3 is 22.5 Å². The van der Waals surface area contributed by atoms with E-state index < -0.39 is 0 Å². The fourth-order valence-electron chi connectivity index (χ4n) is 14.3. The minimum absolute atomic E-state index is 0.376. The Hall–Kier alpha value is -12.6. The summed E-state index contributed by atoms with van der Waals surface area (Å²) in [5.74, 6) is 1.38. The maximum absolute atomic E-state index is 9.78. The van der Waals surface area contributed by atoms with E-state index in [0.717, 1.165) is 154 Å². The Bertz CT molecular complexity index is 6160. The van der Waals surface area contributed by atoms with Gasteiger partial charge in [0.2, 0.25) is 5.69 Å². The molecule has 19 aromatic rings. The minimum atomic E-state index is 0.376. The summed E-state index contributed by atoms with van der Waals surface area (Å²) in [4.78, 5) is 21.2. The predicted octanol–water partition coefficient (Wildman–Crippen LogP) is 21.8. The molecule has 13 aromatic carbocycles. The first-order valence-corrected chi connectivity index (χ1v) is 30.4. The van der Waals surface area contributed by atoms with Crippen LogP contribution in [0.25, 0.3) is 188 Å². The molecule has 0 N–H and O–H groups in total. The molecule has 0 unspecified atom stereocenters. The Labute approximate surface area is 519 Å². The van der Waals surface area contributed by atoms with Crippen LogP contribution < -0.4 is 0 Å². The maximum Gasteiger partial charge on any atom is 0.213 e. The third kappa shape index (κ3) is 7.54. The molecule has 0 spiro atoms. The highest BCUT2D eigenvalue weighted by Crippen LogP contribution is 2.52. The van der Waals surface area contributed by atoms with E-state index in [9.17, 15) is 6.57 Å². The summed E-state index contributed by atoms with van der Waals surface area (Å²) >= 11 is 0. The Morgan fingerprint density at radius 2 is 0.648 bits per heavy atom. The average Bonchev–Trinajstić information content (AvgIpc) is 1.55. The van der Waals surface area contributed by atoms with Crippen molar-refractivity contribution < 1.29 is 8.83 Å². The second-order valence-electron chi connectivity index (χ2n) is 23.2. The van der Waals surface area contributed by atoms with Crippen LogP contribution in [0.15, 0.2) is 294 Å². The Morgan fingerprint density at radius 3 is 1.12 bits per heavy atom. The molecule has 0 saturated carbocycles. The smallest absolute Gasteiger partial charge is 0.213 e. The van der Waals surface area contributed by atoms with E-state index >= 15 is 0 Å². The summed E-state index contributed by atoms with van der Waals surface area (Å²) in [6.45, 7) is 9.78. The summed E-state index contributed by atoms with van der Waals surface area (Å²) in [5, 5.41) is 10.0. The van der Waals surface area contributed by atoms with Gasteiger partial charge in [0.15, 0.2) is 17.5 Å². The molecule has 6 aromatic heterocycles. The van der Waals surface area contributed by atoms with Gasteiger partial charge in [-0.15, -0.1) is 0 Å². The van der Waals surface area contributed by atoms with Gasteiger partial charge in [0.25, 0.3) is 0 Å². The van der Waals surface area contributed by atoms with Crippen molar-refractivity contribution in [3.05, 3.63) is 297 Å². The summed E-state index contributed by atoms with van der Waals surface area (Å²) in [5.41, 5.74) is 17.6. The van der Waals surface area contributed by atoms with E-state index in [1.165, 1.54) is 0 Å². The zero-order valence-corrected chi connectivity index (χ0v) is 48.6. The van der Waals surface area contributed by atoms with Crippen LogP contribution in [0.2, 0.25) is 0 Å². The van der Waals surface area contributed by atoms with Crippen molar-refractivity contribution >= 4 is 115 Å². The van der Waals surface area contributed by atoms with Crippen molar-refractivity contribution in [3.63, 3.8) is 0 Å². The normalized spacial score (nSPS) is 11.9. The summed E-state index contributed by atoms with van der Waals surface area (Å²) in [7, 11) is 0. The van der Waals surface area contributed by atoms with Crippen molar-refractivity contribution in [2.75, 3.05) is 0 Å². The third-order valence-corrected chi connectivity index (χ3v) is 18.3. The van der Waals surface area contributed by atoms with Gasteiger partial charge in [0, 0.05) is 59.8 Å². The van der Waals surface area contributed by atoms with Crippen LogP contribution in [0.1, 0.15) is 0 Å².